The van der Waals surface area contributed by atoms with E-state index in [4.69, 9.17) is 0 Å². The molecule has 134 valence electrons. The highest BCUT2D eigenvalue weighted by atomic mass is 32.1. The molecule has 25 heavy (non-hydrogen) atoms. The zero-order valence-corrected chi connectivity index (χ0v) is 15.8. The summed E-state index contributed by atoms with van der Waals surface area (Å²) in [5.74, 6) is 0.234. The first-order chi connectivity index (χ1) is 12.2. The second kappa shape index (κ2) is 9.11. The topological polar surface area (TPSA) is 36.4 Å². The number of carbonyl (C=O) groups is 1. The Bertz CT molecular complexity index is 644. The number of likely N-dealkylation sites (tertiary alicyclic amines) is 1. The molecule has 5 heteroatoms. The van der Waals surface area contributed by atoms with Crippen LogP contribution in [0.25, 0.3) is 0 Å². The fourth-order valence-corrected chi connectivity index (χ4v) is 4.12. The number of amides is 1. The highest BCUT2D eigenvalue weighted by molar-refractivity contribution is 7.09. The standard InChI is InChI=1S/C20H27N3OS/c1-22-13-6-5-9-18(22)10-11-20(24)23(16-19-21-12-14-25-19)15-17-7-3-2-4-8-17/h2-4,7-8,12,14,18H,5-6,9-11,13,15-16H2,1H3/t18-/m0/s1. The lowest BCUT2D eigenvalue weighted by atomic mass is 9.98. The quantitative estimate of drug-likeness (QED) is 0.753. The van der Waals surface area contributed by atoms with E-state index in [9.17, 15) is 4.79 Å². The van der Waals surface area contributed by atoms with Gasteiger partial charge in [0.05, 0.1) is 6.54 Å². The molecule has 1 atom stereocenters. The molecule has 0 N–H and O–H groups in total. The van der Waals surface area contributed by atoms with Gasteiger partial charge in [-0.05, 0) is 38.4 Å². The second-order valence-electron chi connectivity index (χ2n) is 6.83. The van der Waals surface area contributed by atoms with Gasteiger partial charge >= 0.3 is 0 Å². The summed E-state index contributed by atoms with van der Waals surface area (Å²) in [5.41, 5.74) is 1.17. The Hall–Kier alpha value is -1.72. The first-order valence-corrected chi connectivity index (χ1v) is 10.0. The summed E-state index contributed by atoms with van der Waals surface area (Å²) in [4.78, 5) is 21.6. The van der Waals surface area contributed by atoms with Crippen LogP contribution in [0.2, 0.25) is 0 Å². The molecule has 4 nitrogen and oxygen atoms in total. The molecule has 3 rings (SSSR count). The summed E-state index contributed by atoms with van der Waals surface area (Å²) in [5, 5.41) is 2.97. The Morgan fingerprint density at radius 2 is 2.12 bits per heavy atom. The fraction of sp³-hybridized carbons (Fsp3) is 0.500. The lowest BCUT2D eigenvalue weighted by Gasteiger charge is -2.33. The van der Waals surface area contributed by atoms with Crippen molar-refractivity contribution < 1.29 is 4.79 Å². The molecule has 1 aliphatic rings. The van der Waals surface area contributed by atoms with E-state index in [1.54, 1.807) is 11.3 Å². The van der Waals surface area contributed by atoms with E-state index < -0.39 is 0 Å². The SMILES string of the molecule is CN1CCCC[C@H]1CCC(=O)N(Cc1ccccc1)Cc1nccs1. The van der Waals surface area contributed by atoms with Crippen LogP contribution in [0.1, 0.15) is 42.7 Å². The maximum Gasteiger partial charge on any atom is 0.223 e. The largest absolute Gasteiger partial charge is 0.332 e. The van der Waals surface area contributed by atoms with E-state index in [0.717, 1.165) is 18.0 Å². The van der Waals surface area contributed by atoms with Crippen LogP contribution in [0.4, 0.5) is 0 Å². The molecule has 0 aliphatic carbocycles. The molecule has 1 aromatic heterocycles. The van der Waals surface area contributed by atoms with E-state index in [1.807, 2.05) is 34.7 Å². The van der Waals surface area contributed by atoms with Crippen LogP contribution in [0.5, 0.6) is 0 Å². The van der Waals surface area contributed by atoms with E-state index in [0.29, 0.717) is 25.6 Å². The summed E-state index contributed by atoms with van der Waals surface area (Å²) < 4.78 is 0. The van der Waals surface area contributed by atoms with Gasteiger partial charge in [0.2, 0.25) is 5.91 Å². The van der Waals surface area contributed by atoms with E-state index in [1.165, 1.54) is 24.8 Å². The fourth-order valence-electron chi connectivity index (χ4n) is 3.49. The molecular formula is C20H27N3OS. The first-order valence-electron chi connectivity index (χ1n) is 9.12. The molecule has 0 unspecified atom stereocenters. The van der Waals surface area contributed by atoms with Gasteiger partial charge in [-0.25, -0.2) is 4.98 Å². The van der Waals surface area contributed by atoms with Crippen molar-refractivity contribution in [3.05, 3.63) is 52.5 Å². The van der Waals surface area contributed by atoms with Crippen molar-refractivity contribution in [3.8, 4) is 0 Å². The van der Waals surface area contributed by atoms with Crippen molar-refractivity contribution >= 4 is 17.2 Å². The first kappa shape index (κ1) is 18.1. The zero-order valence-electron chi connectivity index (χ0n) is 14.9. The minimum absolute atomic E-state index is 0.234. The maximum absolute atomic E-state index is 12.9. The van der Waals surface area contributed by atoms with Gasteiger partial charge in [-0.2, -0.15) is 0 Å². The molecule has 0 spiro atoms. The Balaban J connectivity index is 1.61. The maximum atomic E-state index is 12.9. The monoisotopic (exact) mass is 357 g/mol. The van der Waals surface area contributed by atoms with Crippen molar-refractivity contribution in [1.29, 1.82) is 0 Å². The Kier molecular flexibility index (Phi) is 6.59. The highest BCUT2D eigenvalue weighted by Crippen LogP contribution is 2.20. The summed E-state index contributed by atoms with van der Waals surface area (Å²) in [6.07, 6.45) is 7.17. The van der Waals surface area contributed by atoms with Crippen molar-refractivity contribution in [3.63, 3.8) is 0 Å². The van der Waals surface area contributed by atoms with E-state index in [2.05, 4.69) is 29.1 Å². The molecule has 2 heterocycles. The molecule has 0 saturated carbocycles. The van der Waals surface area contributed by atoms with E-state index in [-0.39, 0.29) is 5.91 Å². The Morgan fingerprint density at radius 1 is 1.28 bits per heavy atom. The molecule has 1 saturated heterocycles. The number of hydrogen-bond acceptors (Lipinski definition) is 4. The molecule has 2 aromatic rings. The number of thiazole rings is 1. The van der Waals surface area contributed by atoms with Gasteiger partial charge in [0.1, 0.15) is 5.01 Å². The molecule has 0 bridgehead atoms. The van der Waals surface area contributed by atoms with Crippen LogP contribution < -0.4 is 0 Å². The van der Waals surface area contributed by atoms with Gasteiger partial charge < -0.3 is 9.80 Å². The third-order valence-electron chi connectivity index (χ3n) is 4.99. The van der Waals surface area contributed by atoms with Crippen molar-refractivity contribution in [1.82, 2.24) is 14.8 Å². The molecule has 1 aromatic carbocycles. The van der Waals surface area contributed by atoms with Crippen LogP contribution in [0, 0.1) is 0 Å². The lowest BCUT2D eigenvalue weighted by Crippen LogP contribution is -2.38. The van der Waals surface area contributed by atoms with Crippen molar-refractivity contribution in [2.75, 3.05) is 13.6 Å². The minimum Gasteiger partial charge on any atom is -0.332 e. The summed E-state index contributed by atoms with van der Waals surface area (Å²) >= 11 is 1.61. The molecule has 1 fully saturated rings. The number of aromatic nitrogens is 1. The normalized spacial score (nSPS) is 18.2. The van der Waals surface area contributed by atoms with Gasteiger partial charge in [0.15, 0.2) is 0 Å². The highest BCUT2D eigenvalue weighted by Gasteiger charge is 2.22. The molecule has 1 amide bonds. The lowest BCUT2D eigenvalue weighted by molar-refractivity contribution is -0.132. The average Bonchev–Trinajstić information content (AvgIpc) is 3.14. The average molecular weight is 358 g/mol. The summed E-state index contributed by atoms with van der Waals surface area (Å²) in [6.45, 7) is 2.41. The molecule has 1 aliphatic heterocycles. The number of nitrogens with zero attached hydrogens (tertiary/aromatic N) is 3. The zero-order chi connectivity index (χ0) is 17.5. The van der Waals surface area contributed by atoms with Crippen LogP contribution in [-0.2, 0) is 17.9 Å². The number of carbonyl (C=O) groups excluding carboxylic acids is 1. The minimum atomic E-state index is 0.234. The van der Waals surface area contributed by atoms with Crippen LogP contribution in [-0.4, -0.2) is 40.3 Å². The summed E-state index contributed by atoms with van der Waals surface area (Å²) in [6, 6.07) is 10.8. The Labute approximate surface area is 154 Å². The van der Waals surface area contributed by atoms with Crippen LogP contribution >= 0.6 is 11.3 Å². The molecule has 0 radical (unpaired) electrons. The van der Waals surface area contributed by atoms with Gasteiger partial charge in [-0.1, -0.05) is 36.8 Å². The smallest absolute Gasteiger partial charge is 0.223 e. The van der Waals surface area contributed by atoms with E-state index >= 15 is 0 Å². The van der Waals surface area contributed by atoms with Gasteiger partial charge in [-0.15, -0.1) is 11.3 Å². The predicted molar refractivity (Wildman–Crippen MR) is 102 cm³/mol. The van der Waals surface area contributed by atoms with Gasteiger partial charge in [0, 0.05) is 30.6 Å². The van der Waals surface area contributed by atoms with Gasteiger partial charge in [-0.3, -0.25) is 4.79 Å². The second-order valence-corrected chi connectivity index (χ2v) is 7.81. The predicted octanol–water partition coefficient (Wildman–Crippen LogP) is 3.94. The van der Waals surface area contributed by atoms with Crippen molar-refractivity contribution in [2.45, 2.75) is 51.2 Å². The van der Waals surface area contributed by atoms with Crippen molar-refractivity contribution in [2.24, 2.45) is 0 Å². The Morgan fingerprint density at radius 3 is 2.84 bits per heavy atom. The number of rotatable bonds is 7. The third-order valence-corrected chi connectivity index (χ3v) is 5.76. The number of hydrogen-bond donors (Lipinski definition) is 0. The van der Waals surface area contributed by atoms with Crippen LogP contribution in [0.3, 0.4) is 0 Å². The summed E-state index contributed by atoms with van der Waals surface area (Å²) in [7, 11) is 2.19. The van der Waals surface area contributed by atoms with Gasteiger partial charge in [0.25, 0.3) is 0 Å². The molecular weight excluding hydrogens is 330 g/mol. The van der Waals surface area contributed by atoms with Crippen LogP contribution in [0.15, 0.2) is 41.9 Å². The third kappa shape index (κ3) is 5.38. The number of piperidine rings is 1. The number of benzene rings is 1.